The van der Waals surface area contributed by atoms with Gasteiger partial charge in [0, 0.05) is 24.3 Å². The van der Waals surface area contributed by atoms with Gasteiger partial charge in [0.15, 0.2) is 0 Å². The fourth-order valence-corrected chi connectivity index (χ4v) is 4.62. The van der Waals surface area contributed by atoms with Crippen LogP contribution < -0.4 is 4.74 Å². The van der Waals surface area contributed by atoms with Gasteiger partial charge in [-0.15, -0.1) is 0 Å². The van der Waals surface area contributed by atoms with E-state index >= 15 is 0 Å². The number of hydrogen-bond donors (Lipinski definition) is 0. The van der Waals surface area contributed by atoms with Crippen LogP contribution in [0.2, 0.25) is 0 Å². The van der Waals surface area contributed by atoms with Crippen molar-refractivity contribution in [2.24, 2.45) is 5.92 Å². The Kier molecular flexibility index (Phi) is 6.01. The van der Waals surface area contributed by atoms with Crippen LogP contribution in [0.3, 0.4) is 0 Å². The Morgan fingerprint density at radius 2 is 1.70 bits per heavy atom. The Hall–Kier alpha value is -1.55. The van der Waals surface area contributed by atoms with E-state index in [0.717, 1.165) is 36.7 Å². The molecule has 0 N–H and O–H groups in total. The minimum atomic E-state index is 0.211. The highest BCUT2D eigenvalue weighted by molar-refractivity contribution is 5.95. The molecule has 148 valence electrons. The van der Waals surface area contributed by atoms with Crippen LogP contribution in [0.4, 0.5) is 0 Å². The largest absolute Gasteiger partial charge is 0.491 e. The SMILES string of the molecule is CCC1CCC(N(C(=O)c2ccc(OCC3CCCO3)cc2)C2CC2)CC1. The van der Waals surface area contributed by atoms with Gasteiger partial charge in [-0.25, -0.2) is 0 Å². The molecule has 1 amide bonds. The molecular formula is C23H33NO3. The van der Waals surface area contributed by atoms with Gasteiger partial charge in [0.2, 0.25) is 0 Å². The standard InChI is InChI=1S/C23H33NO3/c1-2-17-5-9-19(10-6-17)24(20-11-12-20)23(25)18-7-13-21(14-8-18)27-16-22-4-3-15-26-22/h7-8,13-14,17,19-20,22H,2-6,9-12,15-16H2,1H3. The maximum atomic E-state index is 13.2. The van der Waals surface area contributed by atoms with Crippen molar-refractivity contribution in [2.75, 3.05) is 13.2 Å². The lowest BCUT2D eigenvalue weighted by Gasteiger charge is -2.37. The van der Waals surface area contributed by atoms with E-state index < -0.39 is 0 Å². The second kappa shape index (κ2) is 8.64. The smallest absolute Gasteiger partial charge is 0.254 e. The van der Waals surface area contributed by atoms with Crippen LogP contribution in [-0.4, -0.2) is 42.2 Å². The summed E-state index contributed by atoms with van der Waals surface area (Å²) in [6.45, 7) is 3.73. The zero-order valence-electron chi connectivity index (χ0n) is 16.6. The van der Waals surface area contributed by atoms with E-state index in [1.165, 1.54) is 44.9 Å². The Morgan fingerprint density at radius 3 is 2.26 bits per heavy atom. The van der Waals surface area contributed by atoms with E-state index in [4.69, 9.17) is 9.47 Å². The Balaban J connectivity index is 1.36. The second-order valence-electron chi connectivity index (χ2n) is 8.50. The van der Waals surface area contributed by atoms with Crippen LogP contribution in [0, 0.1) is 5.92 Å². The van der Waals surface area contributed by atoms with Crippen LogP contribution >= 0.6 is 0 Å². The molecule has 27 heavy (non-hydrogen) atoms. The van der Waals surface area contributed by atoms with Gasteiger partial charge in [0.05, 0.1) is 6.10 Å². The third-order valence-electron chi connectivity index (χ3n) is 6.52. The summed E-state index contributed by atoms with van der Waals surface area (Å²) in [7, 11) is 0. The second-order valence-corrected chi connectivity index (χ2v) is 8.50. The molecule has 3 aliphatic rings. The van der Waals surface area contributed by atoms with Crippen molar-refractivity contribution in [3.63, 3.8) is 0 Å². The molecule has 1 atom stereocenters. The summed E-state index contributed by atoms with van der Waals surface area (Å²) in [5, 5.41) is 0. The molecule has 0 bridgehead atoms. The highest BCUT2D eigenvalue weighted by Crippen LogP contribution is 2.37. The van der Waals surface area contributed by atoms with Gasteiger partial charge >= 0.3 is 0 Å². The van der Waals surface area contributed by atoms with Gasteiger partial charge < -0.3 is 14.4 Å². The molecule has 0 radical (unpaired) electrons. The van der Waals surface area contributed by atoms with E-state index in [9.17, 15) is 4.79 Å². The van der Waals surface area contributed by atoms with Gasteiger partial charge in [-0.3, -0.25) is 4.79 Å². The first kappa shape index (κ1) is 18.8. The van der Waals surface area contributed by atoms with E-state index in [0.29, 0.717) is 18.7 Å². The zero-order chi connectivity index (χ0) is 18.6. The molecule has 1 aromatic rings. The number of amides is 1. The summed E-state index contributed by atoms with van der Waals surface area (Å²) in [5.41, 5.74) is 0.795. The Labute approximate surface area is 163 Å². The number of carbonyl (C=O) groups is 1. The fraction of sp³-hybridized carbons (Fsp3) is 0.696. The molecule has 1 aliphatic heterocycles. The van der Waals surface area contributed by atoms with Crippen LogP contribution in [-0.2, 0) is 4.74 Å². The highest BCUT2D eigenvalue weighted by atomic mass is 16.5. The predicted molar refractivity (Wildman–Crippen MR) is 106 cm³/mol. The summed E-state index contributed by atoms with van der Waals surface area (Å²) < 4.78 is 11.4. The summed E-state index contributed by atoms with van der Waals surface area (Å²) in [5.74, 6) is 1.89. The van der Waals surface area contributed by atoms with Crippen molar-refractivity contribution in [3.8, 4) is 5.75 Å². The summed E-state index contributed by atoms with van der Waals surface area (Å²) in [6.07, 6.45) is 10.9. The lowest BCUT2D eigenvalue weighted by Crippen LogP contribution is -2.43. The molecule has 0 aromatic heterocycles. The van der Waals surface area contributed by atoms with E-state index in [-0.39, 0.29) is 12.0 Å². The molecule has 1 saturated heterocycles. The number of ether oxygens (including phenoxy) is 2. The number of hydrogen-bond acceptors (Lipinski definition) is 3. The first-order valence-corrected chi connectivity index (χ1v) is 10.9. The number of rotatable bonds is 7. The topological polar surface area (TPSA) is 38.8 Å². The number of nitrogens with zero attached hydrogens (tertiary/aromatic N) is 1. The van der Waals surface area contributed by atoms with E-state index in [1.54, 1.807) is 0 Å². The van der Waals surface area contributed by atoms with Crippen molar-refractivity contribution >= 4 is 5.91 Å². The third-order valence-corrected chi connectivity index (χ3v) is 6.52. The molecule has 4 nitrogen and oxygen atoms in total. The highest BCUT2D eigenvalue weighted by Gasteiger charge is 2.38. The lowest BCUT2D eigenvalue weighted by atomic mass is 9.83. The molecule has 3 fully saturated rings. The Morgan fingerprint density at radius 1 is 1.04 bits per heavy atom. The fourth-order valence-electron chi connectivity index (χ4n) is 4.62. The minimum absolute atomic E-state index is 0.211. The van der Waals surface area contributed by atoms with Crippen molar-refractivity contribution in [1.29, 1.82) is 0 Å². The van der Waals surface area contributed by atoms with Gasteiger partial charge in [-0.1, -0.05) is 13.3 Å². The molecule has 4 rings (SSSR count). The van der Waals surface area contributed by atoms with Crippen LogP contribution in [0.25, 0.3) is 0 Å². The van der Waals surface area contributed by atoms with Crippen LogP contribution in [0.1, 0.15) is 75.1 Å². The maximum absolute atomic E-state index is 13.2. The summed E-state index contributed by atoms with van der Waals surface area (Å²) in [4.78, 5) is 15.4. The van der Waals surface area contributed by atoms with Crippen molar-refractivity contribution in [3.05, 3.63) is 29.8 Å². The van der Waals surface area contributed by atoms with Gasteiger partial charge in [0.1, 0.15) is 12.4 Å². The normalized spacial score (nSPS) is 28.1. The van der Waals surface area contributed by atoms with Crippen LogP contribution in [0.15, 0.2) is 24.3 Å². The first-order valence-electron chi connectivity index (χ1n) is 10.9. The minimum Gasteiger partial charge on any atom is -0.491 e. The molecule has 1 heterocycles. The molecule has 2 saturated carbocycles. The van der Waals surface area contributed by atoms with Crippen LogP contribution in [0.5, 0.6) is 5.75 Å². The summed E-state index contributed by atoms with van der Waals surface area (Å²) in [6, 6.07) is 8.63. The van der Waals surface area contributed by atoms with Crippen molar-refractivity contribution in [2.45, 2.75) is 82.9 Å². The van der Waals surface area contributed by atoms with E-state index in [1.807, 2.05) is 24.3 Å². The molecule has 4 heteroatoms. The van der Waals surface area contributed by atoms with E-state index in [2.05, 4.69) is 11.8 Å². The van der Waals surface area contributed by atoms with Crippen molar-refractivity contribution in [1.82, 2.24) is 4.90 Å². The average molecular weight is 372 g/mol. The van der Waals surface area contributed by atoms with Gasteiger partial charge in [-0.05, 0) is 81.5 Å². The zero-order valence-corrected chi connectivity index (χ0v) is 16.6. The third kappa shape index (κ3) is 4.66. The number of carbonyl (C=O) groups excluding carboxylic acids is 1. The molecular weight excluding hydrogens is 338 g/mol. The summed E-state index contributed by atoms with van der Waals surface area (Å²) >= 11 is 0. The Bertz CT molecular complexity index is 611. The maximum Gasteiger partial charge on any atom is 0.254 e. The molecule has 2 aliphatic carbocycles. The monoisotopic (exact) mass is 371 g/mol. The predicted octanol–water partition coefficient (Wildman–Crippen LogP) is 4.82. The molecule has 1 aromatic carbocycles. The van der Waals surface area contributed by atoms with Gasteiger partial charge in [0.25, 0.3) is 5.91 Å². The average Bonchev–Trinajstić information content (AvgIpc) is 3.40. The molecule has 0 spiro atoms. The number of benzene rings is 1. The van der Waals surface area contributed by atoms with Gasteiger partial charge in [-0.2, -0.15) is 0 Å². The molecule has 1 unspecified atom stereocenters. The first-order chi connectivity index (χ1) is 13.2. The lowest BCUT2D eigenvalue weighted by molar-refractivity contribution is 0.0586. The van der Waals surface area contributed by atoms with Crippen molar-refractivity contribution < 1.29 is 14.3 Å². The quantitative estimate of drug-likeness (QED) is 0.690.